The van der Waals surface area contributed by atoms with Gasteiger partial charge in [0.2, 0.25) is 0 Å². The maximum Gasteiger partial charge on any atom is 0.293 e. The number of rotatable bonds is 5. The molecule has 184 valence electrons. The molecule has 1 unspecified atom stereocenters. The van der Waals surface area contributed by atoms with E-state index >= 15 is 0 Å². The molecule has 0 bridgehead atoms. The molecule has 0 spiro atoms. The predicted octanol–water partition coefficient (Wildman–Crippen LogP) is 2.04. The molecule has 0 radical (unpaired) electrons. The summed E-state index contributed by atoms with van der Waals surface area (Å²) in [6, 6.07) is 6.42. The number of aromatic nitrogens is 4. The first-order chi connectivity index (χ1) is 16.0. The molecule has 1 atom stereocenters. The van der Waals surface area contributed by atoms with Crippen LogP contribution in [-0.4, -0.2) is 69.0 Å². The number of benzene rings is 1. The molecular weight excluding hydrogens is 478 g/mol. The van der Waals surface area contributed by atoms with Crippen LogP contribution in [0.4, 0.5) is 0 Å². The minimum absolute atomic E-state index is 0.0711. The number of hydrogen-bond acceptors (Lipinski definition) is 9. The van der Waals surface area contributed by atoms with Crippen LogP contribution in [0.1, 0.15) is 33.6 Å². The Hall–Kier alpha value is -2.70. The van der Waals surface area contributed by atoms with Gasteiger partial charge in [-0.25, -0.2) is 23.1 Å². The highest BCUT2D eigenvalue weighted by molar-refractivity contribution is 7.90. The summed E-state index contributed by atoms with van der Waals surface area (Å²) < 4.78 is 42.4. The summed E-state index contributed by atoms with van der Waals surface area (Å²) in [6.07, 6.45) is 5.88. The summed E-state index contributed by atoms with van der Waals surface area (Å²) in [5, 5.41) is 8.87. The third-order valence-electron chi connectivity index (χ3n) is 5.02. The Balaban J connectivity index is 0.000000406. The number of hydrogen-bond donors (Lipinski definition) is 1. The highest BCUT2D eigenvalue weighted by Crippen LogP contribution is 2.25. The molecule has 3 aromatic rings. The average Bonchev–Trinajstić information content (AvgIpc) is 3.23. The number of ether oxygens (including phenoxy) is 1. The van der Waals surface area contributed by atoms with Crippen LogP contribution in [-0.2, 0) is 30.2 Å². The Morgan fingerprint density at radius 2 is 1.79 bits per heavy atom. The van der Waals surface area contributed by atoms with E-state index in [-0.39, 0.29) is 15.7 Å². The molecule has 1 aromatic carbocycles. The Morgan fingerprint density at radius 1 is 1.15 bits per heavy atom. The van der Waals surface area contributed by atoms with Crippen LogP contribution in [0.3, 0.4) is 0 Å². The smallest absolute Gasteiger partial charge is 0.293 e. The SMILES string of the molecule is CC(C)(C)OC=O.CS(=O)(=O)c1ccc(-n2ncc3c(S(=O)C4CCNCC4)ncnc32)cc1. The van der Waals surface area contributed by atoms with Gasteiger partial charge in [0.15, 0.2) is 15.5 Å². The molecule has 2 aromatic heterocycles. The summed E-state index contributed by atoms with van der Waals surface area (Å²) in [4.78, 5) is 18.4. The summed E-state index contributed by atoms with van der Waals surface area (Å²) in [6.45, 7) is 7.64. The van der Waals surface area contributed by atoms with Crippen molar-refractivity contribution in [1.29, 1.82) is 0 Å². The van der Waals surface area contributed by atoms with Gasteiger partial charge in [-0.1, -0.05) is 0 Å². The molecular formula is C22H29N5O5S2. The van der Waals surface area contributed by atoms with Gasteiger partial charge in [0.1, 0.15) is 17.0 Å². The van der Waals surface area contributed by atoms with Crippen LogP contribution in [0.2, 0.25) is 0 Å². The highest BCUT2D eigenvalue weighted by Gasteiger charge is 2.25. The number of sulfone groups is 1. The second kappa shape index (κ2) is 10.7. The van der Waals surface area contributed by atoms with Crippen molar-refractivity contribution in [3.8, 4) is 5.69 Å². The van der Waals surface area contributed by atoms with Crippen LogP contribution in [0.5, 0.6) is 0 Å². The molecule has 1 saturated heterocycles. The quantitative estimate of drug-likeness (QED) is 0.407. The van der Waals surface area contributed by atoms with Crippen molar-refractivity contribution < 1.29 is 22.2 Å². The lowest BCUT2D eigenvalue weighted by Gasteiger charge is -2.21. The van der Waals surface area contributed by atoms with Gasteiger partial charge in [-0.3, -0.25) is 9.00 Å². The molecule has 0 aliphatic carbocycles. The van der Waals surface area contributed by atoms with E-state index in [4.69, 9.17) is 0 Å². The van der Waals surface area contributed by atoms with Gasteiger partial charge in [-0.15, -0.1) is 0 Å². The minimum atomic E-state index is -3.26. The normalized spacial score (nSPS) is 15.9. The van der Waals surface area contributed by atoms with E-state index in [9.17, 15) is 17.4 Å². The second-order valence-electron chi connectivity index (χ2n) is 8.81. The number of carbonyl (C=O) groups excluding carboxylic acids is 1. The van der Waals surface area contributed by atoms with E-state index < -0.39 is 20.6 Å². The third-order valence-corrected chi connectivity index (χ3v) is 7.93. The Morgan fingerprint density at radius 3 is 2.32 bits per heavy atom. The van der Waals surface area contributed by atoms with Gasteiger partial charge in [0.05, 0.1) is 33.0 Å². The van der Waals surface area contributed by atoms with Gasteiger partial charge in [-0.05, 0) is 71.0 Å². The first-order valence-electron chi connectivity index (χ1n) is 10.7. The fraction of sp³-hybridized carbons (Fsp3) is 0.455. The van der Waals surface area contributed by atoms with Crippen molar-refractivity contribution >= 4 is 38.1 Å². The van der Waals surface area contributed by atoms with E-state index in [0.29, 0.717) is 28.2 Å². The Labute approximate surface area is 201 Å². The molecule has 0 amide bonds. The summed E-state index contributed by atoms with van der Waals surface area (Å²) in [7, 11) is -4.49. The third kappa shape index (κ3) is 6.45. The van der Waals surface area contributed by atoms with Crippen molar-refractivity contribution in [2.75, 3.05) is 19.3 Å². The van der Waals surface area contributed by atoms with Crippen molar-refractivity contribution in [2.45, 2.75) is 54.4 Å². The second-order valence-corrected chi connectivity index (χ2v) is 12.5. The fourth-order valence-corrected chi connectivity index (χ4v) is 5.44. The van der Waals surface area contributed by atoms with E-state index in [1.165, 1.54) is 24.7 Å². The minimum Gasteiger partial charge on any atom is -0.462 e. The number of nitrogens with zero attached hydrogens (tertiary/aromatic N) is 4. The first kappa shape index (κ1) is 25.9. The van der Waals surface area contributed by atoms with E-state index in [1.54, 1.807) is 23.0 Å². The summed E-state index contributed by atoms with van der Waals surface area (Å²) in [5.74, 6) is 0. The molecule has 1 fully saturated rings. The lowest BCUT2D eigenvalue weighted by atomic mass is 10.2. The fourth-order valence-electron chi connectivity index (χ4n) is 3.32. The molecule has 10 nitrogen and oxygen atoms in total. The van der Waals surface area contributed by atoms with Crippen molar-refractivity contribution in [3.05, 3.63) is 36.8 Å². The summed E-state index contributed by atoms with van der Waals surface area (Å²) in [5.41, 5.74) is 0.908. The van der Waals surface area contributed by atoms with Gasteiger partial charge in [0, 0.05) is 11.5 Å². The van der Waals surface area contributed by atoms with Crippen LogP contribution in [0, 0.1) is 0 Å². The van der Waals surface area contributed by atoms with Crippen molar-refractivity contribution in [2.24, 2.45) is 0 Å². The van der Waals surface area contributed by atoms with Gasteiger partial charge >= 0.3 is 0 Å². The highest BCUT2D eigenvalue weighted by atomic mass is 32.2. The standard InChI is InChI=1S/C17H19N5O3S2.C5H10O2/c1-27(24,25)14-4-2-12(3-5-14)22-16-15(10-21-22)17(20-11-19-16)26(23)13-6-8-18-9-7-13;1-5(2,3)7-4-6/h2-5,10-11,13,18H,6-9H2,1H3;4H,1-3H3. The summed E-state index contributed by atoms with van der Waals surface area (Å²) >= 11 is 0. The van der Waals surface area contributed by atoms with E-state index in [2.05, 4.69) is 25.1 Å². The first-order valence-corrected chi connectivity index (χ1v) is 13.8. The number of fused-ring (bicyclic) bond motifs is 1. The number of carbonyl (C=O) groups is 1. The van der Waals surface area contributed by atoms with Crippen LogP contribution >= 0.6 is 0 Å². The Kier molecular flexibility index (Phi) is 8.16. The molecule has 3 heterocycles. The zero-order valence-electron chi connectivity index (χ0n) is 19.6. The zero-order valence-corrected chi connectivity index (χ0v) is 21.2. The van der Waals surface area contributed by atoms with Gasteiger partial charge in [-0.2, -0.15) is 5.10 Å². The van der Waals surface area contributed by atoms with Gasteiger partial charge in [0.25, 0.3) is 6.47 Å². The lowest BCUT2D eigenvalue weighted by Crippen LogP contribution is -2.33. The lowest BCUT2D eigenvalue weighted by molar-refractivity contribution is -0.138. The predicted molar refractivity (Wildman–Crippen MR) is 129 cm³/mol. The maximum atomic E-state index is 13.0. The average molecular weight is 508 g/mol. The van der Waals surface area contributed by atoms with Crippen LogP contribution in [0.15, 0.2) is 46.7 Å². The van der Waals surface area contributed by atoms with Gasteiger partial charge < -0.3 is 10.1 Å². The molecule has 0 saturated carbocycles. The van der Waals surface area contributed by atoms with E-state index in [1.807, 2.05) is 20.8 Å². The zero-order chi connectivity index (χ0) is 24.9. The largest absolute Gasteiger partial charge is 0.462 e. The molecule has 12 heteroatoms. The molecule has 4 rings (SSSR count). The topological polar surface area (TPSA) is 133 Å². The molecule has 1 N–H and O–H groups in total. The molecule has 34 heavy (non-hydrogen) atoms. The number of nitrogens with one attached hydrogen (secondary N) is 1. The number of piperidine rings is 1. The van der Waals surface area contributed by atoms with E-state index in [0.717, 1.165) is 25.9 Å². The monoisotopic (exact) mass is 507 g/mol. The maximum absolute atomic E-state index is 13.0. The van der Waals surface area contributed by atoms with Crippen LogP contribution < -0.4 is 5.32 Å². The molecule has 1 aliphatic heterocycles. The van der Waals surface area contributed by atoms with Crippen molar-refractivity contribution in [3.63, 3.8) is 0 Å². The van der Waals surface area contributed by atoms with Crippen LogP contribution in [0.25, 0.3) is 16.7 Å². The molecule has 1 aliphatic rings. The van der Waals surface area contributed by atoms with Crippen molar-refractivity contribution in [1.82, 2.24) is 25.1 Å². The Bertz CT molecular complexity index is 1260.